The van der Waals surface area contributed by atoms with E-state index >= 15 is 0 Å². The van der Waals surface area contributed by atoms with E-state index in [1.54, 1.807) is 0 Å². The number of rotatable bonds is 1. The Hall–Kier alpha value is -0.920. The summed E-state index contributed by atoms with van der Waals surface area (Å²) in [5.74, 6) is -1.19. The van der Waals surface area contributed by atoms with Crippen molar-refractivity contribution in [2.75, 3.05) is 13.1 Å². The Morgan fingerprint density at radius 1 is 1.50 bits per heavy atom. The molecule has 1 heterocycles. The van der Waals surface area contributed by atoms with Crippen LogP contribution in [0.15, 0.2) is 0 Å². The predicted molar refractivity (Wildman–Crippen MR) is 41.4 cm³/mol. The highest BCUT2D eigenvalue weighted by Gasteiger charge is 2.27. The first-order valence-electron chi connectivity index (χ1n) is 3.29. The summed E-state index contributed by atoms with van der Waals surface area (Å²) in [6.45, 7) is 0.866. The minimum atomic E-state index is -2.49. The number of nitrogens with one attached hydrogen (secondary N) is 2. The molecule has 1 atom stereocenters. The third-order valence-corrected chi connectivity index (χ3v) is 2.20. The van der Waals surface area contributed by atoms with Crippen LogP contribution in [0.3, 0.4) is 0 Å². The number of hydrogen-bond acceptors (Lipinski definition) is 4. The fourth-order valence-corrected chi connectivity index (χ4v) is 1.55. The predicted octanol–water partition coefficient (Wildman–Crippen LogP) is -2.36. The van der Waals surface area contributed by atoms with Gasteiger partial charge in [0.2, 0.25) is 10.3 Å². The highest BCUT2D eigenvalue weighted by molar-refractivity contribution is 7.73. The number of aliphatic carboxylic acids is 1. The number of carboxylic acids is 1. The van der Waals surface area contributed by atoms with Gasteiger partial charge in [-0.2, -0.15) is 8.42 Å². The van der Waals surface area contributed by atoms with Crippen LogP contribution in [-0.4, -0.2) is 43.6 Å². The first-order valence-corrected chi connectivity index (χ1v) is 4.36. The van der Waals surface area contributed by atoms with Crippen molar-refractivity contribution in [1.82, 2.24) is 10.6 Å². The van der Waals surface area contributed by atoms with Crippen LogP contribution >= 0.6 is 0 Å². The van der Waals surface area contributed by atoms with E-state index in [9.17, 15) is 13.2 Å². The van der Waals surface area contributed by atoms with E-state index in [2.05, 4.69) is 10.6 Å². The van der Waals surface area contributed by atoms with E-state index in [-0.39, 0.29) is 4.99 Å². The van der Waals surface area contributed by atoms with Crippen LogP contribution in [0.25, 0.3) is 0 Å². The summed E-state index contributed by atoms with van der Waals surface area (Å²) in [5.41, 5.74) is 0. The largest absolute Gasteiger partial charge is 0.480 e. The summed E-state index contributed by atoms with van der Waals surface area (Å²) in [4.78, 5) is 10.3. The summed E-state index contributed by atoms with van der Waals surface area (Å²) in [6, 6.07) is -1.13. The number of carbonyl (C=O) groups is 1. The molecule has 0 aromatic rings. The van der Waals surface area contributed by atoms with Crippen LogP contribution in [0.5, 0.6) is 0 Å². The lowest BCUT2D eigenvalue weighted by Crippen LogP contribution is -2.56. The maximum atomic E-state index is 10.5. The molecule has 0 unspecified atom stereocenters. The SMILES string of the molecule is O=C(O)[C@H]1NCCNC1=S(=O)=O. The molecular formula is C5H8N2O4S. The normalized spacial score (nSPS) is 23.7. The third-order valence-electron chi connectivity index (χ3n) is 1.46. The molecule has 1 saturated heterocycles. The van der Waals surface area contributed by atoms with Crippen molar-refractivity contribution in [2.45, 2.75) is 6.04 Å². The van der Waals surface area contributed by atoms with Gasteiger partial charge in [-0.05, 0) is 0 Å². The Morgan fingerprint density at radius 3 is 2.58 bits per heavy atom. The van der Waals surface area contributed by atoms with Gasteiger partial charge in [0.1, 0.15) is 4.99 Å². The number of carboxylic acid groups (broad SMARTS) is 1. The quantitative estimate of drug-likeness (QED) is 0.402. The highest BCUT2D eigenvalue weighted by Crippen LogP contribution is 1.89. The summed E-state index contributed by atoms with van der Waals surface area (Å²) in [7, 11) is -2.49. The van der Waals surface area contributed by atoms with Gasteiger partial charge < -0.3 is 5.11 Å². The van der Waals surface area contributed by atoms with Crippen molar-refractivity contribution >= 4 is 21.3 Å². The minimum absolute atomic E-state index is 0.200. The van der Waals surface area contributed by atoms with Crippen LogP contribution in [-0.2, 0) is 15.1 Å². The molecular weight excluding hydrogens is 184 g/mol. The smallest absolute Gasteiger partial charge is 0.327 e. The van der Waals surface area contributed by atoms with Crippen LogP contribution in [0.2, 0.25) is 0 Å². The van der Waals surface area contributed by atoms with Gasteiger partial charge in [0.25, 0.3) is 0 Å². The van der Waals surface area contributed by atoms with E-state index in [0.717, 1.165) is 0 Å². The molecule has 6 nitrogen and oxygen atoms in total. The van der Waals surface area contributed by atoms with E-state index in [0.29, 0.717) is 13.1 Å². The van der Waals surface area contributed by atoms with Gasteiger partial charge in [-0.25, -0.2) is 0 Å². The molecule has 0 aliphatic carbocycles. The standard InChI is InChI=1S/C5H8N2O4S/c8-5(9)3-4(12(10)11)7-2-1-6-3/h3,6-7H,1-2H2,(H,8,9)/t3-/m0/s1. The molecule has 3 N–H and O–H groups in total. The van der Waals surface area contributed by atoms with Crippen LogP contribution in [0.1, 0.15) is 0 Å². The topological polar surface area (TPSA) is 95.5 Å². The summed E-state index contributed by atoms with van der Waals surface area (Å²) < 4.78 is 20.9. The van der Waals surface area contributed by atoms with Gasteiger partial charge in [-0.15, -0.1) is 0 Å². The molecule has 0 bridgehead atoms. The van der Waals surface area contributed by atoms with Gasteiger partial charge >= 0.3 is 5.97 Å². The second-order valence-electron chi connectivity index (χ2n) is 2.25. The number of hydrogen-bond donors (Lipinski definition) is 3. The molecule has 0 saturated carbocycles. The molecule has 1 rings (SSSR count). The van der Waals surface area contributed by atoms with Crippen molar-refractivity contribution in [1.29, 1.82) is 0 Å². The van der Waals surface area contributed by atoms with E-state index < -0.39 is 22.3 Å². The first kappa shape index (κ1) is 9.17. The van der Waals surface area contributed by atoms with Gasteiger partial charge in [-0.3, -0.25) is 15.4 Å². The Labute approximate surface area is 70.1 Å². The monoisotopic (exact) mass is 192 g/mol. The fourth-order valence-electron chi connectivity index (χ4n) is 0.952. The van der Waals surface area contributed by atoms with E-state index in [1.807, 2.05) is 0 Å². The van der Waals surface area contributed by atoms with Crippen molar-refractivity contribution in [3.8, 4) is 0 Å². The molecule has 0 spiro atoms. The summed E-state index contributed by atoms with van der Waals surface area (Å²) in [5, 5.41) is 13.6. The van der Waals surface area contributed by atoms with Crippen molar-refractivity contribution < 1.29 is 18.3 Å². The van der Waals surface area contributed by atoms with E-state index in [1.165, 1.54) is 0 Å². The van der Waals surface area contributed by atoms with Crippen LogP contribution < -0.4 is 10.6 Å². The molecule has 12 heavy (non-hydrogen) atoms. The van der Waals surface area contributed by atoms with Gasteiger partial charge in [-0.1, -0.05) is 0 Å². The minimum Gasteiger partial charge on any atom is -0.480 e. The average Bonchev–Trinajstić information content (AvgIpc) is 2.04. The van der Waals surface area contributed by atoms with Crippen molar-refractivity contribution in [3.05, 3.63) is 0 Å². The van der Waals surface area contributed by atoms with Crippen LogP contribution in [0.4, 0.5) is 0 Å². The Morgan fingerprint density at radius 2 is 2.17 bits per heavy atom. The van der Waals surface area contributed by atoms with Crippen molar-refractivity contribution in [3.63, 3.8) is 0 Å². The molecule has 0 radical (unpaired) electrons. The average molecular weight is 192 g/mol. The van der Waals surface area contributed by atoms with Crippen molar-refractivity contribution in [2.24, 2.45) is 0 Å². The summed E-state index contributed by atoms with van der Waals surface area (Å²) in [6.07, 6.45) is 0. The summed E-state index contributed by atoms with van der Waals surface area (Å²) >= 11 is 0. The Bertz CT molecular complexity index is 312. The van der Waals surface area contributed by atoms with E-state index in [4.69, 9.17) is 5.11 Å². The lowest BCUT2D eigenvalue weighted by molar-refractivity contribution is -0.137. The maximum absolute atomic E-state index is 10.5. The third kappa shape index (κ3) is 1.81. The molecule has 7 heteroatoms. The van der Waals surface area contributed by atoms with Gasteiger partial charge in [0.15, 0.2) is 6.04 Å². The van der Waals surface area contributed by atoms with Gasteiger partial charge in [0, 0.05) is 13.1 Å². The fraction of sp³-hybridized carbons (Fsp3) is 0.600. The zero-order chi connectivity index (χ0) is 9.14. The molecule has 68 valence electrons. The Kier molecular flexibility index (Phi) is 2.79. The second-order valence-corrected chi connectivity index (χ2v) is 3.16. The molecule has 0 amide bonds. The highest BCUT2D eigenvalue weighted by atomic mass is 32.2. The lowest BCUT2D eigenvalue weighted by Gasteiger charge is -2.20. The second kappa shape index (κ2) is 3.65. The zero-order valence-corrected chi connectivity index (χ0v) is 6.89. The lowest BCUT2D eigenvalue weighted by atomic mass is 10.2. The first-order chi connectivity index (χ1) is 5.63. The van der Waals surface area contributed by atoms with Crippen LogP contribution in [0, 0.1) is 0 Å². The molecule has 1 aliphatic heterocycles. The molecule has 1 fully saturated rings. The zero-order valence-electron chi connectivity index (χ0n) is 6.07. The number of piperazine rings is 1. The molecule has 1 aliphatic rings. The Balaban J connectivity index is 2.97. The molecule has 0 aromatic carbocycles. The molecule has 0 aromatic heterocycles. The maximum Gasteiger partial charge on any atom is 0.327 e. The van der Waals surface area contributed by atoms with Gasteiger partial charge in [0.05, 0.1) is 0 Å².